The number of pyridine rings is 1. The van der Waals surface area contributed by atoms with E-state index in [1.54, 1.807) is 18.3 Å². The second kappa shape index (κ2) is 5.25. The summed E-state index contributed by atoms with van der Waals surface area (Å²) in [7, 11) is 0. The lowest BCUT2D eigenvalue weighted by atomic mass is 9.99. The normalized spacial score (nSPS) is 10.5. The van der Waals surface area contributed by atoms with Crippen molar-refractivity contribution in [2.45, 2.75) is 6.92 Å². The fraction of sp³-hybridized carbons (Fsp3) is 0.0556. The number of aromatic nitrogens is 1. The minimum atomic E-state index is -0.247. The van der Waals surface area contributed by atoms with Crippen LogP contribution < -0.4 is 0 Å². The molecule has 1 aromatic heterocycles. The van der Waals surface area contributed by atoms with Crippen molar-refractivity contribution in [2.24, 2.45) is 0 Å². The Morgan fingerprint density at radius 1 is 0.850 bits per heavy atom. The Morgan fingerprint density at radius 3 is 2.30 bits per heavy atom. The number of aryl methyl sites for hydroxylation is 1. The summed E-state index contributed by atoms with van der Waals surface area (Å²) in [6.07, 6.45) is 1.80. The lowest BCUT2D eigenvalue weighted by molar-refractivity contribution is 0.630. The minimum Gasteiger partial charge on any atom is -0.256 e. The van der Waals surface area contributed by atoms with Gasteiger partial charge in [0.2, 0.25) is 0 Å². The van der Waals surface area contributed by atoms with E-state index in [1.807, 2.05) is 49.4 Å². The molecular formula is C18H14FN. The van der Waals surface area contributed by atoms with Crippen molar-refractivity contribution < 1.29 is 4.39 Å². The van der Waals surface area contributed by atoms with Crippen molar-refractivity contribution in [1.29, 1.82) is 0 Å². The molecule has 0 radical (unpaired) electrons. The molecule has 0 saturated heterocycles. The Bertz CT molecular complexity index is 735. The quantitative estimate of drug-likeness (QED) is 0.643. The molecule has 3 rings (SSSR count). The van der Waals surface area contributed by atoms with Crippen molar-refractivity contribution in [2.75, 3.05) is 0 Å². The Labute approximate surface area is 117 Å². The first kappa shape index (κ1) is 12.5. The van der Waals surface area contributed by atoms with Gasteiger partial charge in [0.1, 0.15) is 5.82 Å². The molecule has 98 valence electrons. The third-order valence-electron chi connectivity index (χ3n) is 3.34. The fourth-order valence-electron chi connectivity index (χ4n) is 2.27. The highest BCUT2D eigenvalue weighted by molar-refractivity contribution is 5.73. The maximum atomic E-state index is 13.9. The molecule has 3 aromatic rings. The smallest absolute Gasteiger partial charge is 0.132 e. The average molecular weight is 263 g/mol. The van der Waals surface area contributed by atoms with Crippen molar-refractivity contribution >= 4 is 0 Å². The number of rotatable bonds is 2. The third-order valence-corrected chi connectivity index (χ3v) is 3.34. The van der Waals surface area contributed by atoms with Gasteiger partial charge in [-0.1, -0.05) is 42.5 Å². The first-order valence-electron chi connectivity index (χ1n) is 6.52. The summed E-state index contributed by atoms with van der Waals surface area (Å²) in [5, 5.41) is 0. The number of hydrogen-bond acceptors (Lipinski definition) is 1. The summed E-state index contributed by atoms with van der Waals surface area (Å²) < 4.78 is 13.9. The third kappa shape index (κ3) is 2.32. The minimum absolute atomic E-state index is 0.247. The molecule has 0 saturated carbocycles. The number of halogens is 1. The van der Waals surface area contributed by atoms with Crippen LogP contribution in [-0.2, 0) is 0 Å². The molecule has 1 heterocycles. The van der Waals surface area contributed by atoms with Crippen LogP contribution in [0.2, 0.25) is 0 Å². The molecule has 1 nitrogen and oxygen atoms in total. The molecular weight excluding hydrogens is 249 g/mol. The highest BCUT2D eigenvalue weighted by Gasteiger charge is 2.09. The summed E-state index contributed by atoms with van der Waals surface area (Å²) in [4.78, 5) is 4.36. The first-order chi connectivity index (χ1) is 9.75. The van der Waals surface area contributed by atoms with E-state index < -0.39 is 0 Å². The van der Waals surface area contributed by atoms with E-state index in [0.717, 1.165) is 16.7 Å². The molecule has 20 heavy (non-hydrogen) atoms. The van der Waals surface area contributed by atoms with E-state index in [-0.39, 0.29) is 5.82 Å². The Hall–Kier alpha value is -2.48. The van der Waals surface area contributed by atoms with Gasteiger partial charge in [0.05, 0.1) is 5.69 Å². The SMILES string of the molecule is Cc1cnc(-c2ccccc2F)cc1-c1ccccc1. The summed E-state index contributed by atoms with van der Waals surface area (Å²) in [6, 6.07) is 18.7. The number of benzene rings is 2. The number of hydrogen-bond donors (Lipinski definition) is 0. The molecule has 2 aromatic carbocycles. The summed E-state index contributed by atoms with van der Waals surface area (Å²) in [5.41, 5.74) is 4.47. The van der Waals surface area contributed by atoms with Gasteiger partial charge in [-0.15, -0.1) is 0 Å². The van der Waals surface area contributed by atoms with Gasteiger partial charge in [0.15, 0.2) is 0 Å². The van der Waals surface area contributed by atoms with Crippen LogP contribution in [0, 0.1) is 12.7 Å². The predicted molar refractivity (Wildman–Crippen MR) is 79.8 cm³/mol. The highest BCUT2D eigenvalue weighted by Crippen LogP contribution is 2.28. The Kier molecular flexibility index (Phi) is 3.30. The van der Waals surface area contributed by atoms with Crippen molar-refractivity contribution in [3.05, 3.63) is 78.2 Å². The first-order valence-corrected chi connectivity index (χ1v) is 6.52. The van der Waals surface area contributed by atoms with Gasteiger partial charge in [-0.25, -0.2) is 4.39 Å². The molecule has 0 aliphatic carbocycles. The highest BCUT2D eigenvalue weighted by atomic mass is 19.1. The summed E-state index contributed by atoms with van der Waals surface area (Å²) in [5.74, 6) is -0.247. The van der Waals surface area contributed by atoms with Gasteiger partial charge in [-0.3, -0.25) is 4.98 Å². The van der Waals surface area contributed by atoms with E-state index in [1.165, 1.54) is 6.07 Å². The van der Waals surface area contributed by atoms with Crippen LogP contribution in [0.5, 0.6) is 0 Å². The van der Waals surface area contributed by atoms with Gasteiger partial charge in [-0.2, -0.15) is 0 Å². The molecule has 0 unspecified atom stereocenters. The van der Waals surface area contributed by atoms with Crippen molar-refractivity contribution in [1.82, 2.24) is 4.98 Å². The predicted octanol–water partition coefficient (Wildman–Crippen LogP) is 4.86. The van der Waals surface area contributed by atoms with Crippen molar-refractivity contribution in [3.63, 3.8) is 0 Å². The molecule has 0 fully saturated rings. The van der Waals surface area contributed by atoms with Gasteiger partial charge >= 0.3 is 0 Å². The molecule has 0 amide bonds. The largest absolute Gasteiger partial charge is 0.256 e. The zero-order valence-electron chi connectivity index (χ0n) is 11.2. The van der Waals surface area contributed by atoms with E-state index in [9.17, 15) is 4.39 Å². The van der Waals surface area contributed by atoms with Crippen LogP contribution in [0.3, 0.4) is 0 Å². The average Bonchev–Trinajstić information content (AvgIpc) is 2.49. The van der Waals surface area contributed by atoms with Gasteiger partial charge < -0.3 is 0 Å². The summed E-state index contributed by atoms with van der Waals surface area (Å²) >= 11 is 0. The van der Waals surface area contributed by atoms with E-state index in [0.29, 0.717) is 11.3 Å². The maximum Gasteiger partial charge on any atom is 0.132 e. The van der Waals surface area contributed by atoms with Crippen LogP contribution in [-0.4, -0.2) is 4.98 Å². The topological polar surface area (TPSA) is 12.9 Å². The number of nitrogens with zero attached hydrogens (tertiary/aromatic N) is 1. The van der Waals surface area contributed by atoms with Crippen LogP contribution in [0.25, 0.3) is 22.4 Å². The lowest BCUT2D eigenvalue weighted by Gasteiger charge is -2.09. The van der Waals surface area contributed by atoms with Gasteiger partial charge in [-0.05, 0) is 41.8 Å². The summed E-state index contributed by atoms with van der Waals surface area (Å²) in [6.45, 7) is 2.01. The Morgan fingerprint density at radius 2 is 1.55 bits per heavy atom. The molecule has 2 heteroatoms. The molecule has 0 spiro atoms. The standard InChI is InChI=1S/C18H14FN/c1-13-12-20-18(15-9-5-6-10-17(15)19)11-16(13)14-7-3-2-4-8-14/h2-12H,1H3. The van der Waals surface area contributed by atoms with Gasteiger partial charge in [0.25, 0.3) is 0 Å². The van der Waals surface area contributed by atoms with Crippen LogP contribution in [0.15, 0.2) is 66.9 Å². The lowest BCUT2D eigenvalue weighted by Crippen LogP contribution is -1.91. The van der Waals surface area contributed by atoms with Crippen LogP contribution in [0.4, 0.5) is 4.39 Å². The van der Waals surface area contributed by atoms with Gasteiger partial charge in [0, 0.05) is 11.8 Å². The molecule has 0 bridgehead atoms. The zero-order valence-corrected chi connectivity index (χ0v) is 11.2. The van der Waals surface area contributed by atoms with E-state index in [2.05, 4.69) is 4.98 Å². The molecule has 0 aliphatic rings. The zero-order chi connectivity index (χ0) is 13.9. The maximum absolute atomic E-state index is 13.9. The van der Waals surface area contributed by atoms with Crippen molar-refractivity contribution in [3.8, 4) is 22.4 Å². The second-order valence-corrected chi connectivity index (χ2v) is 4.73. The fourth-order valence-corrected chi connectivity index (χ4v) is 2.27. The molecule has 0 atom stereocenters. The second-order valence-electron chi connectivity index (χ2n) is 4.73. The van der Waals surface area contributed by atoms with E-state index in [4.69, 9.17) is 0 Å². The Balaban J connectivity index is 2.15. The molecule has 0 N–H and O–H groups in total. The monoisotopic (exact) mass is 263 g/mol. The van der Waals surface area contributed by atoms with Crippen LogP contribution >= 0.6 is 0 Å². The molecule has 0 aliphatic heterocycles. The van der Waals surface area contributed by atoms with E-state index >= 15 is 0 Å². The van der Waals surface area contributed by atoms with Crippen LogP contribution in [0.1, 0.15) is 5.56 Å².